The molecule has 1 aliphatic carbocycles. The molecule has 5 rings (SSSR count). The lowest BCUT2D eigenvalue weighted by Gasteiger charge is -2.37. The van der Waals surface area contributed by atoms with Crippen LogP contribution in [0.4, 0.5) is 17.1 Å². The fraction of sp³-hybridized carbons (Fsp3) is 0.323. The Hall–Kier alpha value is -4.48. The van der Waals surface area contributed by atoms with E-state index in [9.17, 15) is 24.5 Å². The first-order valence-corrected chi connectivity index (χ1v) is 14.6. The molecule has 11 nitrogen and oxygen atoms in total. The molecule has 12 heteroatoms. The molecular weight excluding hydrogens is 572 g/mol. The van der Waals surface area contributed by atoms with Crippen molar-refractivity contribution in [3.63, 3.8) is 0 Å². The number of amides is 3. The third-order valence-corrected chi connectivity index (χ3v) is 8.17. The van der Waals surface area contributed by atoms with Crippen molar-refractivity contribution in [1.82, 2.24) is 10.2 Å². The van der Waals surface area contributed by atoms with Crippen LogP contribution < -0.4 is 21.3 Å². The highest BCUT2D eigenvalue weighted by Gasteiger charge is 2.26. The van der Waals surface area contributed by atoms with E-state index in [4.69, 9.17) is 17.3 Å². The monoisotopic (exact) mass is 604 g/mol. The number of halogens is 1. The van der Waals surface area contributed by atoms with Crippen molar-refractivity contribution in [2.24, 2.45) is 5.73 Å². The molecule has 43 heavy (non-hydrogen) atoms. The largest absolute Gasteiger partial charge is 0.366 e. The van der Waals surface area contributed by atoms with Gasteiger partial charge >= 0.3 is 0 Å². The maximum Gasteiger partial charge on any atom is 0.269 e. The molecule has 0 unspecified atom stereocenters. The Labute approximate surface area is 254 Å². The van der Waals surface area contributed by atoms with Crippen molar-refractivity contribution >= 4 is 46.4 Å². The fourth-order valence-corrected chi connectivity index (χ4v) is 5.66. The molecule has 0 spiro atoms. The van der Waals surface area contributed by atoms with Crippen molar-refractivity contribution in [1.29, 1.82) is 0 Å². The SMILES string of the molecule is NC1CCC(NC(=O)c2ccc(N3CCN(C(=O)c4cccc(Cl)c4)CC3)c(NC(=O)c3ccc([N+](=O)[O-])cc3)c2)CC1. The van der Waals surface area contributed by atoms with Crippen molar-refractivity contribution in [2.45, 2.75) is 37.8 Å². The van der Waals surface area contributed by atoms with Gasteiger partial charge in [-0.25, -0.2) is 0 Å². The van der Waals surface area contributed by atoms with Gasteiger partial charge in [-0.15, -0.1) is 0 Å². The zero-order valence-electron chi connectivity index (χ0n) is 23.5. The molecule has 0 radical (unpaired) electrons. The number of nitro benzene ring substituents is 1. The highest BCUT2D eigenvalue weighted by Crippen LogP contribution is 2.30. The minimum absolute atomic E-state index is 0.0373. The molecule has 1 saturated heterocycles. The Kier molecular flexibility index (Phi) is 9.22. The van der Waals surface area contributed by atoms with E-state index in [0.717, 1.165) is 25.7 Å². The minimum Gasteiger partial charge on any atom is -0.366 e. The third kappa shape index (κ3) is 7.30. The van der Waals surface area contributed by atoms with Gasteiger partial charge in [0.15, 0.2) is 0 Å². The van der Waals surface area contributed by atoms with Crippen LogP contribution in [0.15, 0.2) is 66.7 Å². The molecule has 2 fully saturated rings. The molecule has 0 atom stereocenters. The van der Waals surface area contributed by atoms with Gasteiger partial charge in [-0.2, -0.15) is 0 Å². The van der Waals surface area contributed by atoms with Gasteiger partial charge in [0.25, 0.3) is 23.4 Å². The molecule has 2 aliphatic rings. The average molecular weight is 605 g/mol. The molecule has 4 N–H and O–H groups in total. The van der Waals surface area contributed by atoms with Gasteiger partial charge in [0.1, 0.15) is 0 Å². The number of hydrogen-bond donors (Lipinski definition) is 3. The summed E-state index contributed by atoms with van der Waals surface area (Å²) in [5.74, 6) is -0.816. The number of carbonyl (C=O) groups is 3. The van der Waals surface area contributed by atoms with Crippen LogP contribution in [0.2, 0.25) is 5.02 Å². The number of anilines is 2. The lowest BCUT2D eigenvalue weighted by Crippen LogP contribution is -2.49. The number of nitro groups is 1. The highest BCUT2D eigenvalue weighted by atomic mass is 35.5. The molecule has 0 bridgehead atoms. The number of carbonyl (C=O) groups excluding carboxylic acids is 3. The number of nitrogens with zero attached hydrogens (tertiary/aromatic N) is 3. The Morgan fingerprint density at radius 2 is 1.51 bits per heavy atom. The number of benzene rings is 3. The zero-order chi connectivity index (χ0) is 30.5. The summed E-state index contributed by atoms with van der Waals surface area (Å²) in [5, 5.41) is 17.5. The summed E-state index contributed by atoms with van der Waals surface area (Å²) in [4.78, 5) is 53.7. The van der Waals surface area contributed by atoms with E-state index in [1.54, 1.807) is 47.4 Å². The second kappa shape index (κ2) is 13.2. The first kappa shape index (κ1) is 30.0. The molecule has 1 aliphatic heterocycles. The van der Waals surface area contributed by atoms with Crippen molar-refractivity contribution in [3.8, 4) is 0 Å². The number of hydrogen-bond acceptors (Lipinski definition) is 7. The van der Waals surface area contributed by atoms with Gasteiger partial charge < -0.3 is 26.2 Å². The maximum atomic E-state index is 13.2. The van der Waals surface area contributed by atoms with Gasteiger partial charge in [0, 0.05) is 72.1 Å². The van der Waals surface area contributed by atoms with Crippen LogP contribution in [0.1, 0.15) is 56.8 Å². The second-order valence-electron chi connectivity index (χ2n) is 10.9. The first-order chi connectivity index (χ1) is 20.7. The van der Waals surface area contributed by atoms with Gasteiger partial charge in [-0.3, -0.25) is 24.5 Å². The number of non-ortho nitro benzene ring substituents is 1. The van der Waals surface area contributed by atoms with Crippen molar-refractivity contribution < 1.29 is 19.3 Å². The third-order valence-electron chi connectivity index (χ3n) is 7.93. The van der Waals surface area contributed by atoms with E-state index in [-0.39, 0.29) is 35.1 Å². The topological polar surface area (TPSA) is 151 Å². The van der Waals surface area contributed by atoms with E-state index in [1.807, 2.05) is 0 Å². The standard InChI is InChI=1S/C31H33ClN6O5/c32-23-3-1-2-22(18-23)31(41)37-16-14-36(15-17-37)28-13-6-21(30(40)34-25-9-7-24(33)8-10-25)19-27(28)35-29(39)20-4-11-26(12-5-20)38(42)43/h1-6,11-13,18-19,24-25H,7-10,14-17,33H2,(H,34,40)(H,35,39). The Balaban J connectivity index is 1.34. The van der Waals surface area contributed by atoms with Crippen LogP contribution >= 0.6 is 11.6 Å². The summed E-state index contributed by atoms with van der Waals surface area (Å²) < 4.78 is 0. The quantitative estimate of drug-likeness (QED) is 0.266. The van der Waals surface area contributed by atoms with Crippen LogP contribution in [-0.2, 0) is 0 Å². The number of rotatable bonds is 7. The zero-order valence-corrected chi connectivity index (χ0v) is 24.3. The van der Waals surface area contributed by atoms with Crippen molar-refractivity contribution in [3.05, 3.63) is 98.6 Å². The lowest BCUT2D eigenvalue weighted by molar-refractivity contribution is -0.384. The fourth-order valence-electron chi connectivity index (χ4n) is 5.47. The molecular formula is C31H33ClN6O5. The van der Waals surface area contributed by atoms with E-state index < -0.39 is 10.8 Å². The molecule has 0 aromatic heterocycles. The highest BCUT2D eigenvalue weighted by molar-refractivity contribution is 6.31. The first-order valence-electron chi connectivity index (χ1n) is 14.2. The predicted molar refractivity (Wildman–Crippen MR) is 165 cm³/mol. The minimum atomic E-state index is -0.529. The number of nitrogens with two attached hydrogens (primary N) is 1. The number of nitrogens with one attached hydrogen (secondary N) is 2. The summed E-state index contributed by atoms with van der Waals surface area (Å²) in [7, 11) is 0. The normalized spacial score (nSPS) is 18.6. The second-order valence-corrected chi connectivity index (χ2v) is 11.3. The van der Waals surface area contributed by atoms with E-state index in [1.165, 1.54) is 24.3 Å². The molecule has 1 saturated carbocycles. The molecule has 224 valence electrons. The summed E-state index contributed by atoms with van der Waals surface area (Å²) in [6.45, 7) is 1.90. The Morgan fingerprint density at radius 1 is 0.837 bits per heavy atom. The molecule has 3 aromatic rings. The van der Waals surface area contributed by atoms with Crippen LogP contribution in [0, 0.1) is 10.1 Å². The predicted octanol–water partition coefficient (Wildman–Crippen LogP) is 4.46. The summed E-state index contributed by atoms with van der Waals surface area (Å²) in [5.41, 5.74) is 8.17. The Bertz CT molecular complexity index is 1520. The lowest BCUT2D eigenvalue weighted by atomic mass is 9.91. The Morgan fingerprint density at radius 3 is 2.16 bits per heavy atom. The van der Waals surface area contributed by atoms with Gasteiger partial charge in [0.2, 0.25) is 0 Å². The molecule has 3 aromatic carbocycles. The smallest absolute Gasteiger partial charge is 0.269 e. The molecule has 1 heterocycles. The van der Waals surface area contributed by atoms with Gasteiger partial charge in [-0.1, -0.05) is 17.7 Å². The number of piperazine rings is 1. The summed E-state index contributed by atoms with van der Waals surface area (Å²) >= 11 is 6.07. The summed E-state index contributed by atoms with van der Waals surface area (Å²) in [6, 6.07) is 17.5. The average Bonchev–Trinajstić information content (AvgIpc) is 3.02. The van der Waals surface area contributed by atoms with Crippen molar-refractivity contribution in [2.75, 3.05) is 36.4 Å². The van der Waals surface area contributed by atoms with Crippen LogP contribution in [0.25, 0.3) is 0 Å². The van der Waals surface area contributed by atoms with E-state index in [2.05, 4.69) is 15.5 Å². The van der Waals surface area contributed by atoms with E-state index >= 15 is 0 Å². The van der Waals surface area contributed by atoms with Crippen LogP contribution in [0.5, 0.6) is 0 Å². The van der Waals surface area contributed by atoms with Gasteiger partial charge in [-0.05, 0) is 74.2 Å². The van der Waals surface area contributed by atoms with Crippen LogP contribution in [-0.4, -0.2) is 65.8 Å². The summed E-state index contributed by atoms with van der Waals surface area (Å²) in [6.07, 6.45) is 3.33. The van der Waals surface area contributed by atoms with Gasteiger partial charge in [0.05, 0.1) is 16.3 Å². The molecule has 3 amide bonds. The maximum absolute atomic E-state index is 13.2. The van der Waals surface area contributed by atoms with Crippen LogP contribution in [0.3, 0.4) is 0 Å². The van der Waals surface area contributed by atoms with E-state index in [0.29, 0.717) is 53.7 Å².